The molecule has 0 saturated heterocycles. The number of rotatable bonds is 3. The second-order valence-corrected chi connectivity index (χ2v) is 6.71. The summed E-state index contributed by atoms with van der Waals surface area (Å²) in [5.74, 6) is -0.161. The number of nitriles is 1. The Bertz CT molecular complexity index is 860. The monoisotopic (exact) mass is 340 g/mol. The maximum atomic E-state index is 12.7. The third-order valence-corrected chi connectivity index (χ3v) is 3.57. The summed E-state index contributed by atoms with van der Waals surface area (Å²) in [6, 6.07) is 5.36. The fourth-order valence-corrected chi connectivity index (χ4v) is 2.29. The minimum absolute atomic E-state index is 0.161. The van der Waals surface area contributed by atoms with Crippen LogP contribution in [0.4, 0.5) is 0 Å². The summed E-state index contributed by atoms with van der Waals surface area (Å²) in [7, 11) is 0. The van der Waals surface area contributed by atoms with Crippen LogP contribution in [0.2, 0.25) is 5.15 Å². The van der Waals surface area contributed by atoms with E-state index in [2.05, 4.69) is 15.0 Å². The van der Waals surface area contributed by atoms with Crippen LogP contribution in [0.15, 0.2) is 30.6 Å². The molecule has 2 heterocycles. The minimum Gasteiger partial charge on any atom is -0.293 e. The van der Waals surface area contributed by atoms with Gasteiger partial charge in [-0.15, -0.1) is 0 Å². The Morgan fingerprint density at radius 1 is 1.33 bits per heavy atom. The number of pyridine rings is 1. The first kappa shape index (κ1) is 17.8. The molecule has 0 saturated carbocycles. The molecule has 0 N–H and O–H groups in total. The standard InChI is InChI=1S/C18H17ClN4O/c1-11-16(13(5-7-20)17(24)18(2,3)4)23-14(10-22-11)12-6-8-21-15(19)9-12/h5-6,8-10H,1-4H3/b13-5+. The Kier molecular flexibility index (Phi) is 5.10. The summed E-state index contributed by atoms with van der Waals surface area (Å²) >= 11 is 5.92. The van der Waals surface area contributed by atoms with Gasteiger partial charge in [-0.25, -0.2) is 9.97 Å². The topological polar surface area (TPSA) is 79.5 Å². The van der Waals surface area contributed by atoms with Crippen LogP contribution >= 0.6 is 11.6 Å². The van der Waals surface area contributed by atoms with Crippen LogP contribution in [0.25, 0.3) is 16.8 Å². The van der Waals surface area contributed by atoms with Crippen LogP contribution in [0.5, 0.6) is 0 Å². The zero-order valence-corrected chi connectivity index (χ0v) is 14.7. The van der Waals surface area contributed by atoms with Crippen LogP contribution in [0, 0.1) is 23.7 Å². The second kappa shape index (κ2) is 6.90. The molecule has 0 aliphatic heterocycles. The fourth-order valence-electron chi connectivity index (χ4n) is 2.12. The molecule has 0 spiro atoms. The highest BCUT2D eigenvalue weighted by Crippen LogP contribution is 2.28. The molecule has 0 unspecified atom stereocenters. The molecule has 0 radical (unpaired) electrons. The molecule has 0 aliphatic rings. The number of ketones is 1. The number of halogens is 1. The highest BCUT2D eigenvalue weighted by atomic mass is 35.5. The number of hydrogen-bond donors (Lipinski definition) is 0. The molecule has 0 aromatic carbocycles. The first-order valence-electron chi connectivity index (χ1n) is 7.34. The molecule has 0 aliphatic carbocycles. The first-order chi connectivity index (χ1) is 11.2. The molecule has 0 bridgehead atoms. The van der Waals surface area contributed by atoms with Crippen molar-refractivity contribution in [2.75, 3.05) is 0 Å². The Balaban J connectivity index is 2.61. The van der Waals surface area contributed by atoms with Crippen LogP contribution in [-0.2, 0) is 4.79 Å². The van der Waals surface area contributed by atoms with Crippen molar-refractivity contribution in [3.8, 4) is 17.3 Å². The van der Waals surface area contributed by atoms with Gasteiger partial charge in [-0.3, -0.25) is 9.78 Å². The fraction of sp³-hybridized carbons (Fsp3) is 0.278. The summed E-state index contributed by atoms with van der Waals surface area (Å²) in [6.45, 7) is 7.16. The highest BCUT2D eigenvalue weighted by molar-refractivity contribution is 6.29. The third kappa shape index (κ3) is 3.84. The molecule has 2 aromatic rings. The number of nitrogens with zero attached hydrogens (tertiary/aromatic N) is 4. The molecule has 6 heteroatoms. The SMILES string of the molecule is Cc1ncc(-c2ccnc(Cl)c2)nc1/C(=C\C#N)C(=O)C(C)(C)C. The number of aryl methyl sites for hydroxylation is 1. The Morgan fingerprint density at radius 3 is 2.62 bits per heavy atom. The van der Waals surface area contributed by atoms with E-state index < -0.39 is 5.41 Å². The number of carbonyl (C=O) groups excluding carboxylic acids is 1. The molecule has 0 amide bonds. The molecule has 24 heavy (non-hydrogen) atoms. The van der Waals surface area contributed by atoms with E-state index in [4.69, 9.17) is 16.9 Å². The number of carbonyl (C=O) groups is 1. The quantitative estimate of drug-likeness (QED) is 0.479. The van der Waals surface area contributed by atoms with E-state index >= 15 is 0 Å². The highest BCUT2D eigenvalue weighted by Gasteiger charge is 2.28. The smallest absolute Gasteiger partial charge is 0.171 e. The van der Waals surface area contributed by atoms with Gasteiger partial charge in [0.15, 0.2) is 5.78 Å². The summed E-state index contributed by atoms with van der Waals surface area (Å²) < 4.78 is 0. The normalized spacial score (nSPS) is 11.9. The molecule has 0 atom stereocenters. The van der Waals surface area contributed by atoms with Crippen molar-refractivity contribution in [3.63, 3.8) is 0 Å². The maximum Gasteiger partial charge on any atom is 0.171 e. The third-order valence-electron chi connectivity index (χ3n) is 3.37. The van der Waals surface area contributed by atoms with Gasteiger partial charge < -0.3 is 0 Å². The van der Waals surface area contributed by atoms with Gasteiger partial charge in [-0.2, -0.15) is 5.26 Å². The lowest BCUT2D eigenvalue weighted by molar-refractivity contribution is -0.120. The average molecular weight is 341 g/mol. The molecule has 2 rings (SSSR count). The van der Waals surface area contributed by atoms with Crippen molar-refractivity contribution in [3.05, 3.63) is 47.1 Å². The van der Waals surface area contributed by atoms with Gasteiger partial charge in [-0.05, 0) is 19.1 Å². The largest absolute Gasteiger partial charge is 0.293 e. The summed E-state index contributed by atoms with van der Waals surface area (Å²) in [5, 5.41) is 9.42. The van der Waals surface area contributed by atoms with Crippen molar-refractivity contribution >= 4 is 23.0 Å². The molecule has 2 aromatic heterocycles. The van der Waals surface area contributed by atoms with Crippen LogP contribution in [0.3, 0.4) is 0 Å². The number of hydrogen-bond acceptors (Lipinski definition) is 5. The predicted octanol–water partition coefficient (Wildman–Crippen LogP) is 4.02. The van der Waals surface area contributed by atoms with Gasteiger partial charge in [0, 0.05) is 23.3 Å². The van der Waals surface area contributed by atoms with E-state index in [9.17, 15) is 4.79 Å². The van der Waals surface area contributed by atoms with E-state index in [1.54, 1.807) is 52.2 Å². The van der Waals surface area contributed by atoms with Gasteiger partial charge in [0.25, 0.3) is 0 Å². The van der Waals surface area contributed by atoms with Crippen molar-refractivity contribution in [2.24, 2.45) is 5.41 Å². The van der Waals surface area contributed by atoms with Gasteiger partial charge in [0.05, 0.1) is 34.9 Å². The predicted molar refractivity (Wildman–Crippen MR) is 93.1 cm³/mol. The summed E-state index contributed by atoms with van der Waals surface area (Å²) in [4.78, 5) is 25.5. The number of allylic oxidation sites excluding steroid dienone is 2. The molecular weight excluding hydrogens is 324 g/mol. The second-order valence-electron chi connectivity index (χ2n) is 6.32. The lowest BCUT2D eigenvalue weighted by atomic mass is 9.84. The lowest BCUT2D eigenvalue weighted by Crippen LogP contribution is -2.22. The van der Waals surface area contributed by atoms with Gasteiger partial charge in [0.1, 0.15) is 5.15 Å². The van der Waals surface area contributed by atoms with Crippen molar-refractivity contribution in [2.45, 2.75) is 27.7 Å². The molecule has 5 nitrogen and oxygen atoms in total. The van der Waals surface area contributed by atoms with Crippen molar-refractivity contribution in [1.82, 2.24) is 15.0 Å². The number of aromatic nitrogens is 3. The van der Waals surface area contributed by atoms with E-state index in [0.717, 1.165) is 5.56 Å². The molecule has 122 valence electrons. The average Bonchev–Trinajstić information content (AvgIpc) is 2.52. The Morgan fingerprint density at radius 2 is 2.04 bits per heavy atom. The first-order valence-corrected chi connectivity index (χ1v) is 7.72. The van der Waals surface area contributed by atoms with Gasteiger partial charge in [0.2, 0.25) is 0 Å². The zero-order chi connectivity index (χ0) is 17.9. The molecule has 0 fully saturated rings. The van der Waals surface area contributed by atoms with Crippen LogP contribution in [-0.4, -0.2) is 20.7 Å². The summed E-state index contributed by atoms with van der Waals surface area (Å²) in [5.41, 5.74) is 1.91. The maximum absolute atomic E-state index is 12.7. The van der Waals surface area contributed by atoms with Crippen molar-refractivity contribution < 1.29 is 4.79 Å². The van der Waals surface area contributed by atoms with E-state index in [-0.39, 0.29) is 11.4 Å². The van der Waals surface area contributed by atoms with Crippen LogP contribution < -0.4 is 0 Å². The van der Waals surface area contributed by atoms with E-state index in [1.165, 1.54) is 6.08 Å². The Labute approximate surface area is 146 Å². The molecular formula is C18H17ClN4O. The van der Waals surface area contributed by atoms with Crippen molar-refractivity contribution in [1.29, 1.82) is 5.26 Å². The summed E-state index contributed by atoms with van der Waals surface area (Å²) in [6.07, 6.45) is 4.41. The number of Topliss-reactive ketones (excluding diaryl/α,β-unsaturated/α-hetero) is 1. The Hall–Kier alpha value is -2.58. The van der Waals surface area contributed by atoms with Gasteiger partial charge in [-0.1, -0.05) is 32.4 Å². The van der Waals surface area contributed by atoms with Gasteiger partial charge >= 0.3 is 0 Å². The van der Waals surface area contributed by atoms with E-state index in [0.29, 0.717) is 22.2 Å². The van der Waals surface area contributed by atoms with E-state index in [1.807, 2.05) is 6.07 Å². The minimum atomic E-state index is -0.632. The lowest BCUT2D eigenvalue weighted by Gasteiger charge is -2.19. The zero-order valence-electron chi connectivity index (χ0n) is 14.0. The van der Waals surface area contributed by atoms with Crippen LogP contribution in [0.1, 0.15) is 32.2 Å².